The summed E-state index contributed by atoms with van der Waals surface area (Å²) in [5.74, 6) is 0. The zero-order chi connectivity index (χ0) is 96.9. The van der Waals surface area contributed by atoms with Crippen LogP contribution < -0.4 is 0 Å². The quantitative estimate of drug-likeness (QED) is 0.113. The molecule has 0 nitrogen and oxygen atoms in total. The highest BCUT2D eigenvalue weighted by Gasteiger charge is 2.25. The first-order valence-electron chi connectivity index (χ1n) is 50.6. The van der Waals surface area contributed by atoms with Crippen molar-refractivity contribution in [3.05, 3.63) is 546 Å². The van der Waals surface area contributed by atoms with Crippen LogP contribution in [0.4, 0.5) is 0 Å². The molecule has 0 fully saturated rings. The average Bonchev–Trinajstić information content (AvgIpc) is 0.725. The molecule has 0 aliphatic rings. The summed E-state index contributed by atoms with van der Waals surface area (Å²) in [6.07, 6.45) is 0. The molecule has 650 valence electrons. The minimum atomic E-state index is -0.393. The van der Waals surface area contributed by atoms with E-state index in [0.717, 1.165) is 60.0 Å². The lowest BCUT2D eigenvalue weighted by atomic mass is 9.83. The maximum Gasteiger partial charge on any atom is 0.0629 e. The molecule has 0 bridgehead atoms. The molecule has 28 aromatic rings. The van der Waals surface area contributed by atoms with Crippen molar-refractivity contribution in [2.24, 2.45) is 0 Å². The average molecular weight is 1780 g/mol. The number of rotatable bonds is 11. The van der Waals surface area contributed by atoms with Crippen LogP contribution in [0.5, 0.6) is 0 Å². The van der Waals surface area contributed by atoms with Crippen LogP contribution in [0.2, 0.25) is 0 Å². The molecule has 0 aromatic heterocycles. The van der Waals surface area contributed by atoms with Gasteiger partial charge in [0.25, 0.3) is 0 Å². The number of hydrogen-bond donors (Lipinski definition) is 0. The van der Waals surface area contributed by atoms with Crippen LogP contribution in [-0.4, -0.2) is 0 Å². The summed E-state index contributed by atoms with van der Waals surface area (Å²) in [5, 5.41) is 34.0. The van der Waals surface area contributed by atoms with E-state index in [1.807, 2.05) is 36.4 Å². The summed E-state index contributed by atoms with van der Waals surface area (Å²) < 4.78 is 42.1. The Labute approximate surface area is 820 Å². The minimum Gasteiger partial charge on any atom is -0.0622 e. The fourth-order valence-electron chi connectivity index (χ4n) is 22.1. The molecule has 0 saturated heterocycles. The summed E-state index contributed by atoms with van der Waals surface area (Å²) >= 11 is 0. The van der Waals surface area contributed by atoms with Crippen molar-refractivity contribution < 1.29 is 6.85 Å². The van der Waals surface area contributed by atoms with E-state index in [0.29, 0.717) is 5.56 Å². The van der Waals surface area contributed by atoms with Gasteiger partial charge < -0.3 is 0 Å². The zero-order valence-corrected chi connectivity index (χ0v) is 76.6. The molecule has 28 aromatic carbocycles. The highest BCUT2D eigenvalue weighted by molar-refractivity contribution is 6.27. The van der Waals surface area contributed by atoms with Crippen molar-refractivity contribution in [2.75, 3.05) is 0 Å². The lowest BCUT2D eigenvalue weighted by Crippen LogP contribution is -1.92. The van der Waals surface area contributed by atoms with Crippen molar-refractivity contribution in [3.8, 4) is 122 Å². The van der Waals surface area contributed by atoms with Crippen LogP contribution in [0.15, 0.2) is 546 Å². The zero-order valence-electron chi connectivity index (χ0n) is 81.6. The minimum absolute atomic E-state index is 0.202. The molecule has 0 heteroatoms. The van der Waals surface area contributed by atoms with Crippen LogP contribution in [0.3, 0.4) is 0 Å². The predicted molar refractivity (Wildman–Crippen MR) is 604 cm³/mol. The van der Waals surface area contributed by atoms with Gasteiger partial charge in [0.2, 0.25) is 0 Å². The van der Waals surface area contributed by atoms with Crippen molar-refractivity contribution >= 4 is 151 Å². The SMILES string of the molecule is [2H]c1c([2H])c([2H])c(-c2ccc3c(-c4ccc5ccccc5c4)c4ccccc4c(-c4ccc5ccccc5c4)c3c2)c([2H])c1[2H].c1ccc(-c2ccc(-c3ccc4c(-c5ccc6ccccc6c5)c5ccccc5c(-c5ccc6ccccc6c5)c4c3)c3ccccc23)cc1.c1ccc2cc(-c3c4ccccc4c(-c4ccc5ccccc5c4)c4cc(-c5ccc(-c6cccc7ccccc67)cc5)ccc34)ccc2c1. The molecule has 0 N–H and O–H groups in total. The molecule has 0 radical (unpaired) electrons. The Hall–Kier alpha value is -18.2. The van der Waals surface area contributed by atoms with Gasteiger partial charge in [-0.1, -0.05) is 491 Å². The van der Waals surface area contributed by atoms with E-state index in [4.69, 9.17) is 6.85 Å². The third-order valence-corrected chi connectivity index (χ3v) is 28.7. The van der Waals surface area contributed by atoms with Gasteiger partial charge in [0, 0.05) is 0 Å². The Balaban J connectivity index is 0.000000111. The summed E-state index contributed by atoms with van der Waals surface area (Å²) in [6.45, 7) is 0. The molecule has 28 rings (SSSR count). The Morgan fingerprint density at radius 2 is 0.321 bits per heavy atom. The lowest BCUT2D eigenvalue weighted by molar-refractivity contribution is 1.62. The summed E-state index contributed by atoms with van der Waals surface area (Å²) in [6, 6.07) is 186. The van der Waals surface area contributed by atoms with Gasteiger partial charge in [-0.05, 0) is 328 Å². The summed E-state index contributed by atoms with van der Waals surface area (Å²) in [7, 11) is 0. The highest BCUT2D eigenvalue weighted by Crippen LogP contribution is 2.52. The van der Waals surface area contributed by atoms with Gasteiger partial charge in [-0.25, -0.2) is 0 Å². The summed E-state index contributed by atoms with van der Waals surface area (Å²) in [4.78, 5) is 0. The lowest BCUT2D eigenvalue weighted by Gasteiger charge is -2.20. The van der Waals surface area contributed by atoms with E-state index in [9.17, 15) is 0 Å². The second kappa shape index (κ2) is 35.2. The monoisotopic (exact) mass is 1780 g/mol. The second-order valence-corrected chi connectivity index (χ2v) is 36.7. The van der Waals surface area contributed by atoms with E-state index >= 15 is 0 Å². The molecule has 0 amide bonds. The van der Waals surface area contributed by atoms with Crippen molar-refractivity contribution in [2.45, 2.75) is 0 Å². The first-order chi connectivity index (χ1) is 71.5. The van der Waals surface area contributed by atoms with Crippen molar-refractivity contribution in [1.29, 1.82) is 0 Å². The molecule has 0 atom stereocenters. The molecule has 0 spiro atoms. The molecule has 0 aliphatic carbocycles. The Bertz CT molecular complexity index is 10100. The third-order valence-electron chi connectivity index (χ3n) is 28.7. The predicted octanol–water partition coefficient (Wildman–Crippen LogP) is 39.5. The number of fused-ring (bicyclic) bond motifs is 14. The van der Waals surface area contributed by atoms with E-state index in [1.165, 1.54) is 202 Å². The topological polar surface area (TPSA) is 0 Å². The third kappa shape index (κ3) is 14.9. The molecule has 0 saturated carbocycles. The van der Waals surface area contributed by atoms with E-state index in [1.54, 1.807) is 0 Å². The van der Waals surface area contributed by atoms with Gasteiger partial charge in [-0.3, -0.25) is 0 Å². The normalized spacial score (nSPS) is 12.1. The van der Waals surface area contributed by atoms with E-state index in [2.05, 4.69) is 479 Å². The first-order valence-corrected chi connectivity index (χ1v) is 48.1. The van der Waals surface area contributed by atoms with E-state index in [-0.39, 0.29) is 29.7 Å². The largest absolute Gasteiger partial charge is 0.0629 e. The summed E-state index contributed by atoms with van der Waals surface area (Å²) in [5.41, 5.74) is 25.0. The van der Waals surface area contributed by atoms with Gasteiger partial charge in [-0.15, -0.1) is 0 Å². The van der Waals surface area contributed by atoms with E-state index < -0.39 is 6.04 Å². The molecule has 0 heterocycles. The molecule has 0 unspecified atom stereocenters. The molecule has 0 aliphatic heterocycles. The fourth-order valence-corrected chi connectivity index (χ4v) is 22.1. The maximum atomic E-state index is 8.70. The van der Waals surface area contributed by atoms with Crippen LogP contribution >= 0.6 is 0 Å². The van der Waals surface area contributed by atoms with Gasteiger partial charge in [0.05, 0.1) is 6.85 Å². The van der Waals surface area contributed by atoms with Gasteiger partial charge >= 0.3 is 0 Å². The maximum absolute atomic E-state index is 8.70. The Kier molecular flexibility index (Phi) is 19.4. The van der Waals surface area contributed by atoms with Crippen LogP contribution in [0, 0.1) is 0 Å². The van der Waals surface area contributed by atoms with Gasteiger partial charge in [-0.2, -0.15) is 0 Å². The first kappa shape index (κ1) is 77.1. The second-order valence-electron chi connectivity index (χ2n) is 36.7. The fraction of sp³-hybridized carbons (Fsp3) is 0. The number of benzene rings is 28. The standard InChI is InChI=1S/2C50H32.C40H26/c1-3-13-38-30-41(26-22-33(38)10-1)49-45-17-7-8-18-46(45)50(42-27-23-34-11-2-4-14-39(34)31-42)48-32-40(28-29-47(48)49)35-20-24-37(25-21-35)44-19-9-15-36-12-5-6-16-43(36)44;1-2-14-35(15-3-1)41-28-29-42(44-19-9-8-18-43(41)44)38-26-27-47-48(32-38)50(40-25-23-34-13-5-7-17-37(34)31-40)46-21-11-10-20-45(46)49(47)39-24-22-33-12-4-6-16-36(33)30-39;1-2-10-27(11-3-1)32-22-23-37-38(26-32)40(34-21-19-29-13-5-7-15-31(29)25-34)36-17-9-8-16-35(36)39(37)33-20-18-28-12-4-6-14-30(28)24-33/h2*1-32H;1-26H/i;;1D,2D,3D,10D,11D. The van der Waals surface area contributed by atoms with Crippen LogP contribution in [0.25, 0.3) is 273 Å². The number of hydrogen-bond acceptors (Lipinski definition) is 0. The molecular formula is C140H90. The van der Waals surface area contributed by atoms with Crippen molar-refractivity contribution in [1.82, 2.24) is 0 Å². The van der Waals surface area contributed by atoms with Gasteiger partial charge in [0.15, 0.2) is 0 Å². The smallest absolute Gasteiger partial charge is 0.0622 e. The van der Waals surface area contributed by atoms with Crippen molar-refractivity contribution in [3.63, 3.8) is 0 Å². The highest BCUT2D eigenvalue weighted by atomic mass is 14.3. The molecular weight excluding hydrogens is 1680 g/mol. The Morgan fingerprint density at radius 1 is 0.100 bits per heavy atom. The Morgan fingerprint density at radius 3 is 0.671 bits per heavy atom. The molecule has 140 heavy (non-hydrogen) atoms. The van der Waals surface area contributed by atoms with Crippen LogP contribution in [0.1, 0.15) is 6.85 Å². The van der Waals surface area contributed by atoms with Gasteiger partial charge in [0.1, 0.15) is 0 Å². The van der Waals surface area contributed by atoms with Crippen LogP contribution in [-0.2, 0) is 0 Å².